The topological polar surface area (TPSA) is 68.8 Å². The average Bonchev–Trinajstić information content (AvgIpc) is 2.51. The van der Waals surface area contributed by atoms with Gasteiger partial charge in [0.1, 0.15) is 0 Å². The van der Waals surface area contributed by atoms with Gasteiger partial charge in [-0.1, -0.05) is 26.0 Å². The van der Waals surface area contributed by atoms with Crippen LogP contribution in [0.2, 0.25) is 0 Å². The molecule has 26 heavy (non-hydrogen) atoms. The molecular weight excluding hydrogens is 441 g/mol. The van der Waals surface area contributed by atoms with Gasteiger partial charge in [0.15, 0.2) is 5.96 Å². The van der Waals surface area contributed by atoms with E-state index in [4.69, 9.17) is 0 Å². The number of aliphatic imine (C=N–C) groups is 1. The maximum absolute atomic E-state index is 11.9. The summed E-state index contributed by atoms with van der Waals surface area (Å²) in [7, 11) is 3.75. The molecule has 1 aromatic carbocycles. The van der Waals surface area contributed by atoms with Crippen molar-refractivity contribution in [2.24, 2.45) is 10.9 Å². The highest BCUT2D eigenvalue weighted by Gasteiger charge is 2.04. The minimum Gasteiger partial charge on any atom is -0.357 e. The second-order valence-electron chi connectivity index (χ2n) is 6.79. The molecule has 0 unspecified atom stereocenters. The third-order valence-electron chi connectivity index (χ3n) is 3.45. The van der Waals surface area contributed by atoms with Gasteiger partial charge >= 0.3 is 0 Å². The van der Waals surface area contributed by atoms with E-state index in [2.05, 4.69) is 41.7 Å². The molecule has 0 heterocycles. The lowest BCUT2D eigenvalue weighted by Gasteiger charge is -2.13. The van der Waals surface area contributed by atoms with Crippen LogP contribution in [-0.4, -0.2) is 50.5 Å². The first-order chi connectivity index (χ1) is 11.9. The number of hydrogen-bond donors (Lipinski definition) is 3. The van der Waals surface area contributed by atoms with E-state index in [9.17, 15) is 4.79 Å². The summed E-state index contributed by atoms with van der Waals surface area (Å²) in [6.45, 7) is 9.14. The highest BCUT2D eigenvalue weighted by Crippen LogP contribution is 2.11. The van der Waals surface area contributed by atoms with E-state index in [1.54, 1.807) is 0 Å². The van der Waals surface area contributed by atoms with Gasteiger partial charge in [0.25, 0.3) is 0 Å². The molecular formula is C19H34IN5O. The number of carbonyl (C=O) groups is 1. The van der Waals surface area contributed by atoms with Crippen molar-refractivity contribution in [3.8, 4) is 0 Å². The molecule has 0 aliphatic carbocycles. The van der Waals surface area contributed by atoms with Crippen LogP contribution in [-0.2, 0) is 11.3 Å². The maximum atomic E-state index is 11.9. The predicted octanol–water partition coefficient (Wildman–Crippen LogP) is 2.91. The number of hydrogen-bond acceptors (Lipinski definition) is 3. The SMILES string of the molecule is CCNC(=NCc1cccc(NC(=O)CN(C)C)c1)NCCC(C)C.I. The summed E-state index contributed by atoms with van der Waals surface area (Å²) >= 11 is 0. The molecule has 1 aromatic rings. The zero-order valence-corrected chi connectivity index (χ0v) is 19.0. The van der Waals surface area contributed by atoms with E-state index in [-0.39, 0.29) is 29.9 Å². The van der Waals surface area contributed by atoms with Crippen molar-refractivity contribution in [3.63, 3.8) is 0 Å². The van der Waals surface area contributed by atoms with Crippen LogP contribution in [0.3, 0.4) is 0 Å². The van der Waals surface area contributed by atoms with Gasteiger partial charge in [-0.05, 0) is 51.1 Å². The van der Waals surface area contributed by atoms with Gasteiger partial charge in [-0.2, -0.15) is 0 Å². The smallest absolute Gasteiger partial charge is 0.238 e. The first kappa shape index (κ1) is 24.7. The van der Waals surface area contributed by atoms with Crippen LogP contribution in [0.4, 0.5) is 5.69 Å². The number of rotatable bonds is 9. The Labute approximate surface area is 175 Å². The number of anilines is 1. The molecule has 0 aromatic heterocycles. The molecule has 3 N–H and O–H groups in total. The molecule has 0 saturated heterocycles. The number of nitrogens with one attached hydrogen (secondary N) is 3. The molecule has 1 amide bonds. The van der Waals surface area contributed by atoms with Crippen molar-refractivity contribution in [2.75, 3.05) is 39.0 Å². The van der Waals surface area contributed by atoms with Gasteiger partial charge in [0.2, 0.25) is 5.91 Å². The van der Waals surface area contributed by atoms with E-state index in [1.807, 2.05) is 43.3 Å². The second kappa shape index (κ2) is 13.8. The molecule has 0 bridgehead atoms. The normalized spacial score (nSPS) is 11.3. The Morgan fingerprint density at radius 1 is 1.23 bits per heavy atom. The van der Waals surface area contributed by atoms with Gasteiger partial charge in [-0.15, -0.1) is 24.0 Å². The molecule has 0 radical (unpaired) electrons. The van der Waals surface area contributed by atoms with Crippen LogP contribution in [0.25, 0.3) is 0 Å². The lowest BCUT2D eigenvalue weighted by Crippen LogP contribution is -2.38. The van der Waals surface area contributed by atoms with Crippen LogP contribution >= 0.6 is 24.0 Å². The lowest BCUT2D eigenvalue weighted by atomic mass is 10.1. The summed E-state index contributed by atoms with van der Waals surface area (Å²) in [5.74, 6) is 1.47. The summed E-state index contributed by atoms with van der Waals surface area (Å²) < 4.78 is 0. The molecule has 1 rings (SSSR count). The largest absolute Gasteiger partial charge is 0.357 e. The molecule has 6 nitrogen and oxygen atoms in total. The van der Waals surface area contributed by atoms with Gasteiger partial charge < -0.3 is 20.9 Å². The van der Waals surface area contributed by atoms with E-state index in [1.165, 1.54) is 0 Å². The fraction of sp³-hybridized carbons (Fsp3) is 0.579. The van der Waals surface area contributed by atoms with E-state index < -0.39 is 0 Å². The third kappa shape index (κ3) is 11.3. The molecule has 0 spiro atoms. The molecule has 0 aliphatic rings. The lowest BCUT2D eigenvalue weighted by molar-refractivity contribution is -0.116. The number of halogens is 1. The van der Waals surface area contributed by atoms with Crippen LogP contribution in [0, 0.1) is 5.92 Å². The van der Waals surface area contributed by atoms with Gasteiger partial charge in [0, 0.05) is 18.8 Å². The first-order valence-electron chi connectivity index (χ1n) is 8.96. The fourth-order valence-electron chi connectivity index (χ4n) is 2.23. The Bertz CT molecular complexity index is 561. The van der Waals surface area contributed by atoms with Crippen molar-refractivity contribution in [2.45, 2.75) is 33.7 Å². The fourth-order valence-corrected chi connectivity index (χ4v) is 2.23. The molecule has 7 heteroatoms. The van der Waals surface area contributed by atoms with E-state index >= 15 is 0 Å². The monoisotopic (exact) mass is 475 g/mol. The standard InChI is InChI=1S/C19H33N5O.HI/c1-6-20-19(21-11-10-15(2)3)22-13-16-8-7-9-17(12-16)23-18(25)14-24(4)5;/h7-9,12,15H,6,10-11,13-14H2,1-5H3,(H,23,25)(H2,20,21,22);1H. The molecule has 148 valence electrons. The third-order valence-corrected chi connectivity index (χ3v) is 3.45. The number of likely N-dealkylation sites (N-methyl/N-ethyl adjacent to an activating group) is 1. The van der Waals surface area contributed by atoms with Crippen molar-refractivity contribution in [1.82, 2.24) is 15.5 Å². The molecule has 0 aliphatic heterocycles. The number of carbonyl (C=O) groups excluding carboxylic acids is 1. The van der Waals surface area contributed by atoms with Gasteiger partial charge in [0.05, 0.1) is 13.1 Å². The van der Waals surface area contributed by atoms with Gasteiger partial charge in [-0.3, -0.25) is 4.79 Å². The van der Waals surface area contributed by atoms with Crippen LogP contribution in [0.5, 0.6) is 0 Å². The summed E-state index contributed by atoms with van der Waals surface area (Å²) in [4.78, 5) is 18.3. The molecule has 0 saturated carbocycles. The minimum absolute atomic E-state index is 0. The zero-order valence-electron chi connectivity index (χ0n) is 16.6. The average molecular weight is 475 g/mol. The number of guanidine groups is 1. The summed E-state index contributed by atoms with van der Waals surface area (Å²) in [6, 6.07) is 7.82. The summed E-state index contributed by atoms with van der Waals surface area (Å²) in [5, 5.41) is 9.53. The Hall–Kier alpha value is -1.35. The highest BCUT2D eigenvalue weighted by atomic mass is 127. The Kier molecular flexibility index (Phi) is 13.1. The zero-order chi connectivity index (χ0) is 18.7. The quantitative estimate of drug-likeness (QED) is 0.292. The summed E-state index contributed by atoms with van der Waals surface area (Å²) in [5.41, 5.74) is 1.86. The minimum atomic E-state index is -0.0191. The number of amides is 1. The van der Waals surface area contributed by atoms with Crippen LogP contribution in [0.15, 0.2) is 29.3 Å². The van der Waals surface area contributed by atoms with Crippen molar-refractivity contribution < 1.29 is 4.79 Å². The highest BCUT2D eigenvalue weighted by molar-refractivity contribution is 14.0. The second-order valence-corrected chi connectivity index (χ2v) is 6.79. The van der Waals surface area contributed by atoms with Crippen molar-refractivity contribution >= 4 is 41.5 Å². The van der Waals surface area contributed by atoms with Crippen LogP contribution in [0.1, 0.15) is 32.8 Å². The van der Waals surface area contributed by atoms with Crippen molar-refractivity contribution in [1.29, 1.82) is 0 Å². The number of nitrogens with zero attached hydrogens (tertiary/aromatic N) is 2. The van der Waals surface area contributed by atoms with Gasteiger partial charge in [-0.25, -0.2) is 4.99 Å². The molecule has 0 fully saturated rings. The van der Waals surface area contributed by atoms with Crippen molar-refractivity contribution in [3.05, 3.63) is 29.8 Å². The summed E-state index contributed by atoms with van der Waals surface area (Å²) in [6.07, 6.45) is 1.11. The first-order valence-corrected chi connectivity index (χ1v) is 8.96. The Balaban J connectivity index is 0.00000625. The number of benzene rings is 1. The van der Waals surface area contributed by atoms with Crippen LogP contribution < -0.4 is 16.0 Å². The Morgan fingerprint density at radius 3 is 2.58 bits per heavy atom. The maximum Gasteiger partial charge on any atom is 0.238 e. The van der Waals surface area contributed by atoms with E-state index in [0.717, 1.165) is 36.7 Å². The predicted molar refractivity (Wildman–Crippen MR) is 121 cm³/mol. The molecule has 0 atom stereocenters. The van der Waals surface area contributed by atoms with E-state index in [0.29, 0.717) is 19.0 Å². The Morgan fingerprint density at radius 2 is 1.96 bits per heavy atom.